The predicted octanol–water partition coefficient (Wildman–Crippen LogP) is 3.45. The lowest BCUT2D eigenvalue weighted by Gasteiger charge is -2.25. The molecule has 0 saturated heterocycles. The van der Waals surface area contributed by atoms with Crippen LogP contribution in [0.3, 0.4) is 0 Å². The van der Waals surface area contributed by atoms with Gasteiger partial charge in [0.05, 0.1) is 11.4 Å². The van der Waals surface area contributed by atoms with Crippen LogP contribution in [-0.4, -0.2) is 29.0 Å². The number of esters is 1. The van der Waals surface area contributed by atoms with E-state index in [2.05, 4.69) is 6.92 Å². The first kappa shape index (κ1) is 17.1. The maximum Gasteiger partial charge on any atom is 0.344 e. The van der Waals surface area contributed by atoms with E-state index >= 15 is 0 Å². The van der Waals surface area contributed by atoms with Crippen LogP contribution in [-0.2, 0) is 19.1 Å². The van der Waals surface area contributed by atoms with E-state index in [1.165, 1.54) is 30.7 Å². The zero-order valence-electron chi connectivity index (χ0n) is 12.6. The van der Waals surface area contributed by atoms with Crippen LogP contribution in [0.2, 0.25) is 0 Å². The molecular formula is C15H24O4S. The minimum Gasteiger partial charge on any atom is -0.485 e. The van der Waals surface area contributed by atoms with Gasteiger partial charge in [-0.25, -0.2) is 4.79 Å². The highest BCUT2D eigenvalue weighted by molar-refractivity contribution is 8.15. The fraction of sp³-hybridized carbons (Fsp3) is 0.733. The van der Waals surface area contributed by atoms with Crippen LogP contribution in [0, 0.1) is 0 Å². The van der Waals surface area contributed by atoms with Gasteiger partial charge in [-0.1, -0.05) is 44.4 Å². The van der Waals surface area contributed by atoms with Gasteiger partial charge >= 0.3 is 5.97 Å². The van der Waals surface area contributed by atoms with Gasteiger partial charge in [0.15, 0.2) is 6.61 Å². The summed E-state index contributed by atoms with van der Waals surface area (Å²) in [5, 5.41) is 0.00171. The van der Waals surface area contributed by atoms with Gasteiger partial charge in [-0.3, -0.25) is 4.79 Å². The van der Waals surface area contributed by atoms with Crippen LogP contribution >= 0.6 is 11.8 Å². The molecule has 1 aliphatic rings. The molecule has 0 aromatic carbocycles. The molecule has 0 radical (unpaired) electrons. The minimum absolute atomic E-state index is 0.00171. The van der Waals surface area contributed by atoms with Crippen LogP contribution in [0.5, 0.6) is 0 Å². The van der Waals surface area contributed by atoms with E-state index in [4.69, 9.17) is 9.47 Å². The first-order valence-electron chi connectivity index (χ1n) is 7.25. The maximum absolute atomic E-state index is 11.6. The van der Waals surface area contributed by atoms with Crippen molar-refractivity contribution in [3.8, 4) is 0 Å². The van der Waals surface area contributed by atoms with Gasteiger partial charge < -0.3 is 9.47 Å². The molecule has 1 rings (SSSR count). The lowest BCUT2D eigenvalue weighted by molar-refractivity contribution is -0.147. The van der Waals surface area contributed by atoms with Crippen LogP contribution in [0.15, 0.2) is 11.8 Å². The first-order valence-corrected chi connectivity index (χ1v) is 8.07. The molecule has 0 N–H and O–H groups in total. The van der Waals surface area contributed by atoms with E-state index in [1.807, 2.05) is 6.92 Å². The van der Waals surface area contributed by atoms with Gasteiger partial charge in [-0.05, 0) is 20.3 Å². The highest BCUT2D eigenvalue weighted by atomic mass is 32.2. The van der Waals surface area contributed by atoms with E-state index in [1.54, 1.807) is 6.92 Å². The van der Waals surface area contributed by atoms with Crippen molar-refractivity contribution >= 4 is 22.8 Å². The standard InChI is InChI=1S/C15H24O4S/c1-4-6-7-8-9-15(3)12(10-14(17)20-15)19-11-13(16)18-5-2/h10H,4-9,11H2,1-3H3/t15-/m1/s1. The molecule has 1 heterocycles. The Bertz CT molecular complexity index is 378. The van der Waals surface area contributed by atoms with Gasteiger partial charge in [0, 0.05) is 6.08 Å². The third-order valence-electron chi connectivity index (χ3n) is 3.25. The van der Waals surface area contributed by atoms with Crippen LogP contribution in [0.25, 0.3) is 0 Å². The second-order valence-electron chi connectivity index (χ2n) is 5.06. The van der Waals surface area contributed by atoms with Crippen LogP contribution < -0.4 is 0 Å². The van der Waals surface area contributed by atoms with E-state index in [0.29, 0.717) is 12.4 Å². The first-order chi connectivity index (χ1) is 9.51. The molecule has 0 saturated carbocycles. The van der Waals surface area contributed by atoms with Gasteiger partial charge in [0.2, 0.25) is 5.12 Å². The summed E-state index contributed by atoms with van der Waals surface area (Å²) in [7, 11) is 0. The molecule has 20 heavy (non-hydrogen) atoms. The van der Waals surface area contributed by atoms with Crippen LogP contribution in [0.1, 0.15) is 52.9 Å². The van der Waals surface area contributed by atoms with E-state index < -0.39 is 5.97 Å². The molecular weight excluding hydrogens is 276 g/mol. The maximum atomic E-state index is 11.6. The Morgan fingerprint density at radius 3 is 2.70 bits per heavy atom. The summed E-state index contributed by atoms with van der Waals surface area (Å²) in [6, 6.07) is 0. The number of hydrogen-bond donors (Lipinski definition) is 0. The highest BCUT2D eigenvalue weighted by Gasteiger charge is 2.39. The third-order valence-corrected chi connectivity index (χ3v) is 4.43. The predicted molar refractivity (Wildman–Crippen MR) is 80.4 cm³/mol. The Balaban J connectivity index is 2.50. The molecule has 0 aliphatic carbocycles. The topological polar surface area (TPSA) is 52.6 Å². The number of ether oxygens (including phenoxy) is 2. The molecule has 0 bridgehead atoms. The monoisotopic (exact) mass is 300 g/mol. The molecule has 0 spiro atoms. The fourth-order valence-electron chi connectivity index (χ4n) is 2.16. The molecule has 0 fully saturated rings. The Hall–Kier alpha value is -0.970. The van der Waals surface area contributed by atoms with Crippen molar-refractivity contribution in [2.45, 2.75) is 57.6 Å². The summed E-state index contributed by atoms with van der Waals surface area (Å²) in [5.74, 6) is 0.211. The average Bonchev–Trinajstić information content (AvgIpc) is 2.68. The van der Waals surface area contributed by atoms with Gasteiger partial charge in [0.1, 0.15) is 5.76 Å². The molecule has 4 nitrogen and oxygen atoms in total. The van der Waals surface area contributed by atoms with Gasteiger partial charge in [0.25, 0.3) is 0 Å². The number of hydrogen-bond acceptors (Lipinski definition) is 5. The number of carbonyl (C=O) groups excluding carboxylic acids is 2. The SMILES string of the molecule is CCCCCC[C@@]1(C)SC(=O)C=C1OCC(=O)OCC. The van der Waals surface area contributed by atoms with Gasteiger partial charge in [-0.15, -0.1) is 0 Å². The largest absolute Gasteiger partial charge is 0.485 e. The Kier molecular flexibility index (Phi) is 7.13. The summed E-state index contributed by atoms with van der Waals surface area (Å²) in [6.07, 6.45) is 7.00. The zero-order valence-corrected chi connectivity index (χ0v) is 13.4. The van der Waals surface area contributed by atoms with Crippen molar-refractivity contribution in [3.63, 3.8) is 0 Å². The lowest BCUT2D eigenvalue weighted by Crippen LogP contribution is -2.24. The summed E-state index contributed by atoms with van der Waals surface area (Å²) in [6.45, 7) is 6.14. The smallest absolute Gasteiger partial charge is 0.344 e. The van der Waals surface area contributed by atoms with Crippen molar-refractivity contribution in [1.29, 1.82) is 0 Å². The molecule has 0 aromatic heterocycles. The summed E-state index contributed by atoms with van der Waals surface area (Å²) >= 11 is 1.29. The normalized spacial score (nSPS) is 21.8. The minimum atomic E-state index is -0.397. The zero-order chi connectivity index (χ0) is 15.0. The lowest BCUT2D eigenvalue weighted by atomic mass is 9.99. The van der Waals surface area contributed by atoms with Gasteiger partial charge in [-0.2, -0.15) is 0 Å². The molecule has 1 atom stereocenters. The van der Waals surface area contributed by atoms with Crippen molar-refractivity contribution in [3.05, 3.63) is 11.8 Å². The van der Waals surface area contributed by atoms with Crippen LogP contribution in [0.4, 0.5) is 0 Å². The Morgan fingerprint density at radius 1 is 1.30 bits per heavy atom. The van der Waals surface area contributed by atoms with Crippen molar-refractivity contribution in [2.24, 2.45) is 0 Å². The molecule has 0 amide bonds. The molecule has 114 valence electrons. The average molecular weight is 300 g/mol. The molecule has 1 aliphatic heterocycles. The van der Waals surface area contributed by atoms with E-state index in [0.717, 1.165) is 19.3 Å². The van der Waals surface area contributed by atoms with Crippen molar-refractivity contribution < 1.29 is 19.1 Å². The summed E-state index contributed by atoms with van der Waals surface area (Å²) in [5.41, 5.74) is 0. The number of rotatable bonds is 9. The Labute approximate surface area is 125 Å². The summed E-state index contributed by atoms with van der Waals surface area (Å²) < 4.78 is 10.00. The molecule has 0 unspecified atom stereocenters. The fourth-order valence-corrected chi connectivity index (χ4v) is 3.23. The number of unbranched alkanes of at least 4 members (excludes halogenated alkanes) is 3. The Morgan fingerprint density at radius 2 is 2.05 bits per heavy atom. The van der Waals surface area contributed by atoms with Crippen molar-refractivity contribution in [2.75, 3.05) is 13.2 Å². The number of carbonyl (C=O) groups is 2. The quantitative estimate of drug-likeness (QED) is 0.482. The molecule has 5 heteroatoms. The highest BCUT2D eigenvalue weighted by Crippen LogP contribution is 2.43. The second kappa shape index (κ2) is 8.35. The number of thioether (sulfide) groups is 1. The molecule has 0 aromatic rings. The second-order valence-corrected chi connectivity index (χ2v) is 6.57. The van der Waals surface area contributed by atoms with E-state index in [9.17, 15) is 9.59 Å². The summed E-state index contributed by atoms with van der Waals surface area (Å²) in [4.78, 5) is 22.9. The van der Waals surface area contributed by atoms with E-state index in [-0.39, 0.29) is 16.5 Å². The van der Waals surface area contributed by atoms with Crippen molar-refractivity contribution in [1.82, 2.24) is 0 Å². The third kappa shape index (κ3) is 5.19.